The molecule has 0 aliphatic carbocycles. The third-order valence-electron chi connectivity index (χ3n) is 4.06. The van der Waals surface area contributed by atoms with Crippen LogP contribution in [-0.2, 0) is 16.0 Å². The fraction of sp³-hybridized carbons (Fsp3) is 0.529. The van der Waals surface area contributed by atoms with Crippen LogP contribution in [0.1, 0.15) is 55.5 Å². The minimum atomic E-state index is -1.08. The average Bonchev–Trinajstić information content (AvgIpc) is 2.55. The van der Waals surface area contributed by atoms with E-state index in [0.29, 0.717) is 30.8 Å². The first-order valence-corrected chi connectivity index (χ1v) is 8.22. The lowest BCUT2D eigenvalue weighted by molar-refractivity contribution is -0.118. The molecule has 0 aromatic heterocycles. The van der Waals surface area contributed by atoms with Crippen molar-refractivity contribution in [3.63, 3.8) is 0 Å². The number of fused-ring (bicyclic) bond motifs is 1. The van der Waals surface area contributed by atoms with E-state index in [2.05, 4.69) is 0 Å². The van der Waals surface area contributed by atoms with Gasteiger partial charge in [0.15, 0.2) is 0 Å². The Kier molecular flexibility index (Phi) is 6.22. The van der Waals surface area contributed by atoms with Gasteiger partial charge in [0, 0.05) is 18.7 Å². The Labute approximate surface area is 137 Å². The maximum absolute atomic E-state index is 12.2. The quantitative estimate of drug-likeness (QED) is 0.475. The van der Waals surface area contributed by atoms with Crippen molar-refractivity contribution in [1.82, 2.24) is 0 Å². The molecule has 0 fully saturated rings. The summed E-state index contributed by atoms with van der Waals surface area (Å²) in [5, 5.41) is 10.2. The molecule has 0 saturated carbocycles. The van der Waals surface area contributed by atoms with Gasteiger partial charge in [-0.3, -0.25) is 4.79 Å². The summed E-state index contributed by atoms with van der Waals surface area (Å²) in [6.07, 6.45) is 2.99. The molecule has 23 heavy (non-hydrogen) atoms. The van der Waals surface area contributed by atoms with Crippen molar-refractivity contribution in [2.24, 2.45) is 0 Å². The van der Waals surface area contributed by atoms with Crippen LogP contribution in [0, 0.1) is 0 Å². The number of benzene rings is 1. The van der Waals surface area contributed by atoms with Crippen molar-refractivity contribution < 1.29 is 24.0 Å². The summed E-state index contributed by atoms with van der Waals surface area (Å²) in [4.78, 5) is 23.8. The maximum Gasteiger partial charge on any atom is 0.526 e. The number of ether oxygens (including phenoxy) is 1. The normalized spacial score (nSPS) is 16.5. The van der Waals surface area contributed by atoms with E-state index in [1.165, 1.54) is 0 Å². The van der Waals surface area contributed by atoms with Crippen molar-refractivity contribution >= 4 is 18.9 Å². The fourth-order valence-corrected chi connectivity index (χ4v) is 2.64. The summed E-state index contributed by atoms with van der Waals surface area (Å²) in [6, 6.07) is 5.26. The molecule has 0 saturated heterocycles. The first kappa shape index (κ1) is 17.5. The second kappa shape index (κ2) is 8.15. The summed E-state index contributed by atoms with van der Waals surface area (Å²) in [5.41, 5.74) is 1.16. The highest BCUT2D eigenvalue weighted by Gasteiger charge is 2.37. The molecular weight excluding hydrogens is 295 g/mol. The summed E-state index contributed by atoms with van der Waals surface area (Å²) in [5.74, 6) is -0.246. The summed E-state index contributed by atoms with van der Waals surface area (Å²) < 4.78 is 10.8. The lowest BCUT2D eigenvalue weighted by Crippen LogP contribution is -2.35. The van der Waals surface area contributed by atoms with Crippen molar-refractivity contribution in [1.29, 1.82) is 0 Å². The van der Waals surface area contributed by atoms with Crippen LogP contribution in [0.4, 0.5) is 0 Å². The highest BCUT2D eigenvalue weighted by molar-refractivity contribution is 6.47. The van der Waals surface area contributed by atoms with Crippen LogP contribution in [0.2, 0.25) is 5.82 Å². The highest BCUT2D eigenvalue weighted by Crippen LogP contribution is 2.36. The van der Waals surface area contributed by atoms with Crippen molar-refractivity contribution in [3.8, 4) is 5.75 Å². The third kappa shape index (κ3) is 4.35. The van der Waals surface area contributed by atoms with Crippen molar-refractivity contribution in [3.05, 3.63) is 29.3 Å². The Hall–Kier alpha value is -1.82. The van der Waals surface area contributed by atoms with E-state index in [-0.39, 0.29) is 18.0 Å². The van der Waals surface area contributed by atoms with E-state index in [1.54, 1.807) is 19.1 Å². The van der Waals surface area contributed by atoms with Crippen LogP contribution >= 0.6 is 0 Å². The van der Waals surface area contributed by atoms with E-state index in [4.69, 9.17) is 9.39 Å². The number of rotatable bonds is 7. The number of ketones is 1. The molecule has 1 heterocycles. The van der Waals surface area contributed by atoms with E-state index in [1.807, 2.05) is 13.0 Å². The lowest BCUT2D eigenvalue weighted by Gasteiger charge is -2.28. The van der Waals surface area contributed by atoms with Crippen LogP contribution in [0.15, 0.2) is 18.2 Å². The number of esters is 1. The first-order chi connectivity index (χ1) is 11.1. The fourth-order valence-electron chi connectivity index (χ4n) is 2.64. The molecule has 1 atom stereocenters. The smallest absolute Gasteiger partial charge is 0.526 e. The molecule has 5 nitrogen and oxygen atoms in total. The first-order valence-electron chi connectivity index (χ1n) is 8.22. The average molecular weight is 318 g/mol. The summed E-state index contributed by atoms with van der Waals surface area (Å²) in [6.45, 7) is 4.20. The number of carbonyl (C=O) groups is 2. The molecule has 1 aliphatic heterocycles. The van der Waals surface area contributed by atoms with Crippen molar-refractivity contribution in [2.75, 3.05) is 6.61 Å². The Morgan fingerprint density at radius 1 is 1.39 bits per heavy atom. The number of para-hydroxylation sites is 1. The predicted molar refractivity (Wildman–Crippen MR) is 87.6 cm³/mol. The van der Waals surface area contributed by atoms with E-state index in [9.17, 15) is 14.6 Å². The van der Waals surface area contributed by atoms with Gasteiger partial charge in [0.2, 0.25) is 0 Å². The molecule has 1 aromatic rings. The van der Waals surface area contributed by atoms with Crippen LogP contribution < -0.4 is 4.65 Å². The largest absolute Gasteiger partial charge is 0.535 e. The van der Waals surface area contributed by atoms with E-state index < -0.39 is 13.1 Å². The van der Waals surface area contributed by atoms with E-state index >= 15 is 0 Å². The molecule has 1 aliphatic rings. The monoisotopic (exact) mass is 318 g/mol. The maximum atomic E-state index is 12.2. The Balaban J connectivity index is 2.14. The van der Waals surface area contributed by atoms with Gasteiger partial charge in [-0.05, 0) is 24.5 Å². The zero-order valence-electron chi connectivity index (χ0n) is 13.7. The summed E-state index contributed by atoms with van der Waals surface area (Å²) in [7, 11) is -1.08. The molecule has 0 amide bonds. The Bertz CT molecular complexity index is 572. The number of carbonyl (C=O) groups excluding carboxylic acids is 2. The molecule has 0 radical (unpaired) electrons. The minimum Gasteiger partial charge on any atom is -0.535 e. The molecule has 2 rings (SSSR count). The van der Waals surface area contributed by atoms with Gasteiger partial charge in [0.1, 0.15) is 17.1 Å². The zero-order chi connectivity index (χ0) is 16.8. The lowest BCUT2D eigenvalue weighted by atomic mass is 9.64. The molecule has 124 valence electrons. The number of hydrogen-bond acceptors (Lipinski definition) is 5. The van der Waals surface area contributed by atoms with Crippen LogP contribution in [-0.4, -0.2) is 30.5 Å². The topological polar surface area (TPSA) is 72.8 Å². The van der Waals surface area contributed by atoms with E-state index in [0.717, 1.165) is 18.4 Å². The van der Waals surface area contributed by atoms with Gasteiger partial charge in [-0.1, -0.05) is 32.4 Å². The molecule has 0 unspecified atom stereocenters. The highest BCUT2D eigenvalue weighted by atomic mass is 16.5. The number of Topliss-reactive ketones (excluding diaryl/α,β-unsaturated/α-hetero) is 1. The molecule has 1 N–H and O–H groups in total. The Morgan fingerprint density at radius 3 is 2.87 bits per heavy atom. The Morgan fingerprint density at radius 2 is 2.17 bits per heavy atom. The molecular formula is C17H23BO5. The predicted octanol–water partition coefficient (Wildman–Crippen LogP) is 2.80. The van der Waals surface area contributed by atoms with Crippen LogP contribution in [0.5, 0.6) is 5.75 Å². The molecule has 0 bridgehead atoms. The molecule has 1 aromatic carbocycles. The second-order valence-corrected chi connectivity index (χ2v) is 5.85. The van der Waals surface area contributed by atoms with Gasteiger partial charge in [-0.25, -0.2) is 4.79 Å². The van der Waals surface area contributed by atoms with Gasteiger partial charge in [0.05, 0.1) is 6.61 Å². The molecule has 6 heteroatoms. The third-order valence-corrected chi connectivity index (χ3v) is 4.06. The zero-order valence-corrected chi connectivity index (χ0v) is 13.7. The van der Waals surface area contributed by atoms with Gasteiger partial charge in [-0.2, -0.15) is 0 Å². The second-order valence-electron chi connectivity index (χ2n) is 5.85. The van der Waals surface area contributed by atoms with Crippen LogP contribution in [0.25, 0.3) is 0 Å². The summed E-state index contributed by atoms with van der Waals surface area (Å²) >= 11 is 0. The van der Waals surface area contributed by atoms with Crippen molar-refractivity contribution in [2.45, 2.75) is 51.8 Å². The SMILES string of the molecule is CCCCOC(=O)c1cccc2c1OB(O)[C@@H](CC(=O)CC)C2. The van der Waals surface area contributed by atoms with Gasteiger partial charge < -0.3 is 14.4 Å². The molecule has 0 spiro atoms. The standard InChI is InChI=1S/C17H23BO5/c1-3-5-9-22-17(20)15-8-6-7-12-10-13(11-14(19)4-2)18(21)23-16(12)15/h6-8,13,21H,3-5,9-11H2,1-2H3/t13-/m1/s1. The minimum absolute atomic E-state index is 0.0937. The number of hydrogen-bond donors (Lipinski definition) is 1. The van der Waals surface area contributed by atoms with Crippen LogP contribution in [0.3, 0.4) is 0 Å². The van der Waals surface area contributed by atoms with Gasteiger partial charge in [-0.15, -0.1) is 0 Å². The van der Waals surface area contributed by atoms with Gasteiger partial charge >= 0.3 is 13.1 Å². The van der Waals surface area contributed by atoms with Gasteiger partial charge in [0.25, 0.3) is 0 Å². The number of unbranched alkanes of at least 4 members (excludes halogenated alkanes) is 1.